The van der Waals surface area contributed by atoms with Gasteiger partial charge in [-0.15, -0.1) is 0 Å². The zero-order valence-corrected chi connectivity index (χ0v) is 11.0. The van der Waals surface area contributed by atoms with E-state index in [9.17, 15) is 5.11 Å². The minimum absolute atomic E-state index is 0.196. The highest BCUT2D eigenvalue weighted by molar-refractivity contribution is 7.99. The lowest BCUT2D eigenvalue weighted by molar-refractivity contribution is 0.0153. The minimum Gasteiger partial charge on any atom is -0.384 e. The van der Waals surface area contributed by atoms with Gasteiger partial charge in [0, 0.05) is 23.7 Å². The lowest BCUT2D eigenvalue weighted by Gasteiger charge is -2.41. The molecule has 3 heteroatoms. The highest BCUT2D eigenvalue weighted by atomic mass is 32.2. The predicted molar refractivity (Wildman–Crippen MR) is 68.6 cm³/mol. The highest BCUT2D eigenvalue weighted by Crippen LogP contribution is 2.44. The number of hydrogen-bond acceptors (Lipinski definition) is 3. The molecule has 1 fully saturated rings. The fraction of sp³-hybridized carbons (Fsp3) is 0.615. The molecular weight excluding hydrogens is 218 g/mol. The average molecular weight is 237 g/mol. The van der Waals surface area contributed by atoms with Crippen LogP contribution in [0.4, 0.5) is 0 Å². The summed E-state index contributed by atoms with van der Waals surface area (Å²) in [5, 5.41) is 10.7. The molecule has 1 aliphatic heterocycles. The number of rotatable bonds is 1. The van der Waals surface area contributed by atoms with E-state index in [1.807, 2.05) is 24.9 Å². The first-order valence-electron chi connectivity index (χ1n) is 5.64. The first-order valence-corrected chi connectivity index (χ1v) is 6.79. The molecule has 2 heterocycles. The van der Waals surface area contributed by atoms with E-state index in [1.165, 1.54) is 0 Å². The monoisotopic (exact) mass is 237 g/mol. The van der Waals surface area contributed by atoms with Crippen molar-refractivity contribution < 1.29 is 5.11 Å². The molecule has 0 bridgehead atoms. The fourth-order valence-electron chi connectivity index (χ4n) is 2.38. The van der Waals surface area contributed by atoms with Crippen LogP contribution >= 0.6 is 11.8 Å². The second kappa shape index (κ2) is 4.04. The van der Waals surface area contributed by atoms with Crippen LogP contribution in [0, 0.1) is 12.3 Å². The van der Waals surface area contributed by atoms with Gasteiger partial charge in [0.25, 0.3) is 0 Å². The number of pyridine rings is 1. The minimum atomic E-state index is -0.703. The molecule has 0 radical (unpaired) electrons. The Morgan fingerprint density at radius 2 is 2.06 bits per heavy atom. The van der Waals surface area contributed by atoms with Crippen molar-refractivity contribution in [3.8, 4) is 0 Å². The van der Waals surface area contributed by atoms with Gasteiger partial charge in [0.1, 0.15) is 5.60 Å². The third-order valence-electron chi connectivity index (χ3n) is 3.02. The molecule has 1 aliphatic rings. The fourth-order valence-corrected chi connectivity index (χ4v) is 3.75. The van der Waals surface area contributed by atoms with Crippen molar-refractivity contribution in [1.29, 1.82) is 0 Å². The molecule has 1 saturated heterocycles. The standard InChI is InChI=1S/C13H19NOS/c1-10-4-11(6-14-5-10)13(15)7-12(2,3)8-16-9-13/h4-6,15H,7-9H2,1-3H3. The molecule has 0 aliphatic carbocycles. The van der Waals surface area contributed by atoms with Gasteiger partial charge in [0.2, 0.25) is 0 Å². The van der Waals surface area contributed by atoms with E-state index in [0.717, 1.165) is 29.1 Å². The van der Waals surface area contributed by atoms with E-state index in [-0.39, 0.29) is 5.41 Å². The van der Waals surface area contributed by atoms with Gasteiger partial charge in [0.15, 0.2) is 0 Å². The van der Waals surface area contributed by atoms with Crippen LogP contribution in [0.25, 0.3) is 0 Å². The Kier molecular flexibility index (Phi) is 3.01. The maximum Gasteiger partial charge on any atom is 0.101 e. The molecule has 1 aromatic heterocycles. The molecule has 2 rings (SSSR count). The van der Waals surface area contributed by atoms with Crippen molar-refractivity contribution in [1.82, 2.24) is 4.98 Å². The maximum absolute atomic E-state index is 10.7. The lowest BCUT2D eigenvalue weighted by atomic mass is 9.79. The van der Waals surface area contributed by atoms with Gasteiger partial charge in [-0.1, -0.05) is 19.9 Å². The summed E-state index contributed by atoms with van der Waals surface area (Å²) in [6, 6.07) is 2.05. The van der Waals surface area contributed by atoms with Gasteiger partial charge in [-0.05, 0) is 30.1 Å². The van der Waals surface area contributed by atoms with Crippen LogP contribution in [-0.2, 0) is 5.60 Å². The third kappa shape index (κ3) is 2.41. The van der Waals surface area contributed by atoms with Gasteiger partial charge in [-0.3, -0.25) is 4.98 Å². The number of aliphatic hydroxyl groups is 1. The second-order valence-electron chi connectivity index (χ2n) is 5.62. The Morgan fingerprint density at radius 1 is 1.31 bits per heavy atom. The van der Waals surface area contributed by atoms with Crippen LogP contribution in [0.2, 0.25) is 0 Å². The quantitative estimate of drug-likeness (QED) is 0.815. The first kappa shape index (κ1) is 11.9. The molecule has 0 saturated carbocycles. The molecule has 1 N–H and O–H groups in total. The molecule has 88 valence electrons. The summed E-state index contributed by atoms with van der Waals surface area (Å²) in [6.45, 7) is 6.45. The number of hydrogen-bond donors (Lipinski definition) is 1. The average Bonchev–Trinajstić information content (AvgIpc) is 2.15. The molecular formula is C13H19NOS. The number of nitrogens with zero attached hydrogens (tertiary/aromatic N) is 1. The maximum atomic E-state index is 10.7. The van der Waals surface area contributed by atoms with Crippen LogP contribution in [0.5, 0.6) is 0 Å². The summed E-state index contributed by atoms with van der Waals surface area (Å²) in [5.74, 6) is 1.90. The Labute approximate surface area is 101 Å². The van der Waals surface area contributed by atoms with Crippen molar-refractivity contribution >= 4 is 11.8 Å². The summed E-state index contributed by atoms with van der Waals surface area (Å²) in [5.41, 5.74) is 1.57. The number of thioether (sulfide) groups is 1. The van der Waals surface area contributed by atoms with Crippen molar-refractivity contribution in [3.05, 3.63) is 29.6 Å². The van der Waals surface area contributed by atoms with Crippen molar-refractivity contribution in [2.24, 2.45) is 5.41 Å². The Bertz CT molecular complexity index is 391. The molecule has 0 spiro atoms. The van der Waals surface area contributed by atoms with Crippen LogP contribution in [0.1, 0.15) is 31.4 Å². The summed E-state index contributed by atoms with van der Waals surface area (Å²) in [4.78, 5) is 4.18. The van der Waals surface area contributed by atoms with Gasteiger partial charge >= 0.3 is 0 Å². The van der Waals surface area contributed by atoms with Crippen LogP contribution < -0.4 is 0 Å². The molecule has 1 unspecified atom stereocenters. The zero-order valence-electron chi connectivity index (χ0n) is 10.2. The SMILES string of the molecule is Cc1cncc(C2(O)CSCC(C)(C)C2)c1. The van der Waals surface area contributed by atoms with Gasteiger partial charge in [0.05, 0.1) is 0 Å². The number of aromatic nitrogens is 1. The third-order valence-corrected chi connectivity index (χ3v) is 4.68. The van der Waals surface area contributed by atoms with E-state index in [4.69, 9.17) is 0 Å². The summed E-state index contributed by atoms with van der Waals surface area (Å²) < 4.78 is 0. The van der Waals surface area contributed by atoms with Gasteiger partial charge < -0.3 is 5.11 Å². The topological polar surface area (TPSA) is 33.1 Å². The van der Waals surface area contributed by atoms with E-state index in [1.54, 1.807) is 6.20 Å². The Hall–Kier alpha value is -0.540. The van der Waals surface area contributed by atoms with Crippen molar-refractivity contribution in [2.45, 2.75) is 32.8 Å². The highest BCUT2D eigenvalue weighted by Gasteiger charge is 2.40. The summed E-state index contributed by atoms with van der Waals surface area (Å²) in [6.07, 6.45) is 4.45. The van der Waals surface area contributed by atoms with E-state index in [2.05, 4.69) is 24.9 Å². The normalized spacial score (nSPS) is 29.0. The smallest absolute Gasteiger partial charge is 0.101 e. The first-order chi connectivity index (χ1) is 7.41. The number of aryl methyl sites for hydroxylation is 1. The molecule has 2 nitrogen and oxygen atoms in total. The van der Waals surface area contributed by atoms with Crippen molar-refractivity contribution in [2.75, 3.05) is 11.5 Å². The Balaban J connectivity index is 2.31. The second-order valence-corrected chi connectivity index (χ2v) is 6.60. The molecule has 16 heavy (non-hydrogen) atoms. The van der Waals surface area contributed by atoms with Crippen molar-refractivity contribution in [3.63, 3.8) is 0 Å². The van der Waals surface area contributed by atoms with E-state index in [0.29, 0.717) is 0 Å². The largest absolute Gasteiger partial charge is 0.384 e. The lowest BCUT2D eigenvalue weighted by Crippen LogP contribution is -2.40. The molecule has 0 amide bonds. The molecule has 0 aromatic carbocycles. The van der Waals surface area contributed by atoms with Gasteiger partial charge in [-0.25, -0.2) is 0 Å². The summed E-state index contributed by atoms with van der Waals surface area (Å²) >= 11 is 1.83. The van der Waals surface area contributed by atoms with E-state index >= 15 is 0 Å². The van der Waals surface area contributed by atoms with Crippen LogP contribution in [0.3, 0.4) is 0 Å². The van der Waals surface area contributed by atoms with E-state index < -0.39 is 5.60 Å². The molecule has 1 atom stereocenters. The predicted octanol–water partition coefficient (Wildman–Crippen LogP) is 2.74. The molecule has 1 aromatic rings. The van der Waals surface area contributed by atoms with Crippen LogP contribution in [0.15, 0.2) is 18.5 Å². The summed E-state index contributed by atoms with van der Waals surface area (Å²) in [7, 11) is 0. The Morgan fingerprint density at radius 3 is 2.69 bits per heavy atom. The zero-order chi connectivity index (χ0) is 11.8. The van der Waals surface area contributed by atoms with Crippen LogP contribution in [-0.4, -0.2) is 21.6 Å². The van der Waals surface area contributed by atoms with Gasteiger partial charge in [-0.2, -0.15) is 11.8 Å².